The molecule has 1 aromatic carbocycles. The van der Waals surface area contributed by atoms with E-state index in [0.29, 0.717) is 13.0 Å². The van der Waals surface area contributed by atoms with E-state index in [2.05, 4.69) is 5.32 Å². The lowest BCUT2D eigenvalue weighted by Gasteiger charge is -2.12. The second-order valence-electron chi connectivity index (χ2n) is 4.78. The molecule has 0 saturated heterocycles. The van der Waals surface area contributed by atoms with E-state index in [-0.39, 0.29) is 23.7 Å². The lowest BCUT2D eigenvalue weighted by Crippen LogP contribution is -2.32. The van der Waals surface area contributed by atoms with Gasteiger partial charge in [-0.3, -0.25) is 4.79 Å². The number of rotatable bonds is 5. The Hall–Kier alpha value is -1.55. The van der Waals surface area contributed by atoms with E-state index < -0.39 is 0 Å². The largest absolute Gasteiger partial charge is 0.508 e. The van der Waals surface area contributed by atoms with Crippen LogP contribution in [-0.2, 0) is 11.2 Å². The number of aliphatic hydroxyl groups is 1. The van der Waals surface area contributed by atoms with E-state index in [0.717, 1.165) is 18.4 Å². The van der Waals surface area contributed by atoms with Crippen LogP contribution in [0.1, 0.15) is 18.4 Å². The van der Waals surface area contributed by atoms with Crippen LogP contribution in [-0.4, -0.2) is 29.3 Å². The minimum atomic E-state index is -0.0510. The molecule has 3 N–H and O–H groups in total. The predicted molar refractivity (Wildman–Crippen MR) is 63.6 cm³/mol. The van der Waals surface area contributed by atoms with Gasteiger partial charge < -0.3 is 15.5 Å². The molecule has 0 radical (unpaired) electrons. The Labute approximate surface area is 100 Å². The van der Waals surface area contributed by atoms with Crippen molar-refractivity contribution in [1.82, 2.24) is 5.32 Å². The molecule has 1 fully saturated rings. The molecule has 0 aromatic heterocycles. The summed E-state index contributed by atoms with van der Waals surface area (Å²) in [6, 6.07) is 6.60. The van der Waals surface area contributed by atoms with Gasteiger partial charge >= 0.3 is 0 Å². The Morgan fingerprint density at radius 2 is 1.94 bits per heavy atom. The molecule has 1 aliphatic rings. The summed E-state index contributed by atoms with van der Waals surface area (Å²) in [4.78, 5) is 11.6. The summed E-state index contributed by atoms with van der Waals surface area (Å²) < 4.78 is 0. The number of amides is 1. The molecule has 0 atom stereocenters. The molecule has 1 aliphatic carbocycles. The van der Waals surface area contributed by atoms with Crippen LogP contribution >= 0.6 is 0 Å². The van der Waals surface area contributed by atoms with Gasteiger partial charge in [-0.2, -0.15) is 0 Å². The van der Waals surface area contributed by atoms with Crippen LogP contribution in [0.15, 0.2) is 24.3 Å². The summed E-state index contributed by atoms with van der Waals surface area (Å²) in [5.41, 5.74) is 0.819. The van der Waals surface area contributed by atoms with Crippen molar-refractivity contribution in [1.29, 1.82) is 0 Å². The molecule has 2 rings (SSSR count). The highest BCUT2D eigenvalue weighted by Crippen LogP contribution is 2.44. The van der Waals surface area contributed by atoms with E-state index in [9.17, 15) is 4.79 Å². The third-order valence-corrected chi connectivity index (χ3v) is 3.25. The highest BCUT2D eigenvalue weighted by Gasteiger charge is 2.41. The lowest BCUT2D eigenvalue weighted by atomic mass is 10.1. The first-order chi connectivity index (χ1) is 8.13. The van der Waals surface area contributed by atoms with Gasteiger partial charge in [0.2, 0.25) is 5.91 Å². The van der Waals surface area contributed by atoms with Crippen LogP contribution in [0.4, 0.5) is 0 Å². The number of carbonyl (C=O) groups is 1. The number of hydrogen-bond acceptors (Lipinski definition) is 3. The third kappa shape index (κ3) is 3.20. The monoisotopic (exact) mass is 235 g/mol. The number of aromatic hydroxyl groups is 1. The Kier molecular flexibility index (Phi) is 3.33. The van der Waals surface area contributed by atoms with Crippen molar-refractivity contribution in [3.05, 3.63) is 29.8 Å². The van der Waals surface area contributed by atoms with Crippen molar-refractivity contribution in [2.24, 2.45) is 5.41 Å². The van der Waals surface area contributed by atoms with E-state index >= 15 is 0 Å². The molecule has 1 aromatic rings. The Bertz CT molecular complexity index is 396. The molecular formula is C13H17NO3. The number of hydrogen-bond donors (Lipinski definition) is 3. The molecule has 1 saturated carbocycles. The summed E-state index contributed by atoms with van der Waals surface area (Å²) in [5.74, 6) is 0.154. The van der Waals surface area contributed by atoms with Crippen molar-refractivity contribution in [2.45, 2.75) is 19.3 Å². The van der Waals surface area contributed by atoms with E-state index in [4.69, 9.17) is 10.2 Å². The van der Waals surface area contributed by atoms with Crippen molar-refractivity contribution in [3.8, 4) is 5.75 Å². The van der Waals surface area contributed by atoms with Crippen LogP contribution in [0, 0.1) is 5.41 Å². The zero-order chi connectivity index (χ0) is 12.3. The highest BCUT2D eigenvalue weighted by atomic mass is 16.3. The van der Waals surface area contributed by atoms with Gasteiger partial charge in [-0.25, -0.2) is 0 Å². The predicted octanol–water partition coefficient (Wildman–Crippen LogP) is 0.823. The van der Waals surface area contributed by atoms with Gasteiger partial charge in [-0.1, -0.05) is 12.1 Å². The summed E-state index contributed by atoms with van der Waals surface area (Å²) in [5, 5.41) is 21.1. The minimum Gasteiger partial charge on any atom is -0.508 e. The topological polar surface area (TPSA) is 69.6 Å². The smallest absolute Gasteiger partial charge is 0.224 e. The van der Waals surface area contributed by atoms with Gasteiger partial charge in [-0.15, -0.1) is 0 Å². The molecule has 17 heavy (non-hydrogen) atoms. The standard InChI is InChI=1S/C13H17NO3/c15-9-13(5-6-13)8-14-12(17)7-10-1-3-11(16)4-2-10/h1-4,15-16H,5-9H2,(H,14,17). The molecule has 4 nitrogen and oxygen atoms in total. The average molecular weight is 235 g/mol. The number of nitrogens with one attached hydrogen (secondary N) is 1. The summed E-state index contributed by atoms with van der Waals surface area (Å²) >= 11 is 0. The third-order valence-electron chi connectivity index (χ3n) is 3.25. The quantitative estimate of drug-likeness (QED) is 0.707. The second-order valence-corrected chi connectivity index (χ2v) is 4.78. The Morgan fingerprint density at radius 3 is 2.47 bits per heavy atom. The lowest BCUT2D eigenvalue weighted by molar-refractivity contribution is -0.120. The molecule has 4 heteroatoms. The maximum atomic E-state index is 11.6. The first-order valence-electron chi connectivity index (χ1n) is 5.79. The van der Waals surface area contributed by atoms with Gasteiger partial charge in [-0.05, 0) is 30.5 Å². The number of benzene rings is 1. The number of phenols is 1. The van der Waals surface area contributed by atoms with E-state index in [1.165, 1.54) is 0 Å². The first-order valence-corrected chi connectivity index (χ1v) is 5.79. The molecule has 0 heterocycles. The fourth-order valence-electron chi connectivity index (χ4n) is 1.72. The summed E-state index contributed by atoms with van der Waals surface area (Å²) in [6.45, 7) is 0.701. The van der Waals surface area contributed by atoms with Gasteiger partial charge in [0, 0.05) is 12.0 Å². The van der Waals surface area contributed by atoms with Gasteiger partial charge in [0.1, 0.15) is 5.75 Å². The van der Waals surface area contributed by atoms with Gasteiger partial charge in [0.15, 0.2) is 0 Å². The summed E-state index contributed by atoms with van der Waals surface area (Å²) in [7, 11) is 0. The zero-order valence-corrected chi connectivity index (χ0v) is 9.65. The molecule has 0 bridgehead atoms. The van der Waals surface area contributed by atoms with Gasteiger partial charge in [0.25, 0.3) is 0 Å². The zero-order valence-electron chi connectivity index (χ0n) is 9.65. The SMILES string of the molecule is O=C(Cc1ccc(O)cc1)NCC1(CO)CC1. The van der Waals surface area contributed by atoms with Crippen molar-refractivity contribution >= 4 is 5.91 Å². The molecule has 92 valence electrons. The number of phenolic OH excluding ortho intramolecular Hbond substituents is 1. The van der Waals surface area contributed by atoms with E-state index in [1.54, 1.807) is 24.3 Å². The Morgan fingerprint density at radius 1 is 1.29 bits per heavy atom. The van der Waals surface area contributed by atoms with Crippen molar-refractivity contribution < 1.29 is 15.0 Å². The van der Waals surface area contributed by atoms with Crippen LogP contribution < -0.4 is 5.32 Å². The maximum absolute atomic E-state index is 11.6. The van der Waals surface area contributed by atoms with Crippen LogP contribution in [0.3, 0.4) is 0 Å². The van der Waals surface area contributed by atoms with Crippen molar-refractivity contribution in [2.75, 3.05) is 13.2 Å². The molecule has 0 unspecified atom stereocenters. The maximum Gasteiger partial charge on any atom is 0.224 e. The minimum absolute atomic E-state index is 0.0459. The average Bonchev–Trinajstić information content (AvgIpc) is 3.10. The fraction of sp³-hybridized carbons (Fsp3) is 0.462. The molecule has 0 aliphatic heterocycles. The van der Waals surface area contributed by atoms with E-state index in [1.807, 2.05) is 0 Å². The molecule has 1 amide bonds. The summed E-state index contributed by atoms with van der Waals surface area (Å²) in [6.07, 6.45) is 2.29. The second kappa shape index (κ2) is 4.75. The van der Waals surface area contributed by atoms with Crippen LogP contribution in [0.2, 0.25) is 0 Å². The Balaban J connectivity index is 1.79. The highest BCUT2D eigenvalue weighted by molar-refractivity contribution is 5.78. The first kappa shape index (κ1) is 11.9. The fourth-order valence-corrected chi connectivity index (χ4v) is 1.72. The number of aliphatic hydroxyl groups excluding tert-OH is 1. The van der Waals surface area contributed by atoms with Crippen LogP contribution in [0.25, 0.3) is 0 Å². The molecular weight excluding hydrogens is 218 g/mol. The van der Waals surface area contributed by atoms with Gasteiger partial charge in [0.05, 0.1) is 13.0 Å². The molecule has 0 spiro atoms. The normalized spacial score (nSPS) is 16.5. The van der Waals surface area contributed by atoms with Crippen molar-refractivity contribution in [3.63, 3.8) is 0 Å². The number of carbonyl (C=O) groups excluding carboxylic acids is 1. The van der Waals surface area contributed by atoms with Crippen LogP contribution in [0.5, 0.6) is 5.75 Å².